The number of amides is 3. The monoisotopic (exact) mass is 334 g/mol. The van der Waals surface area contributed by atoms with Crippen LogP contribution in [0.1, 0.15) is 19.8 Å². The smallest absolute Gasteiger partial charge is 0.317 e. The highest BCUT2D eigenvalue weighted by Gasteiger charge is 2.42. The van der Waals surface area contributed by atoms with Crippen molar-refractivity contribution >= 4 is 24.3 Å². The van der Waals surface area contributed by atoms with E-state index in [1.807, 2.05) is 11.8 Å². The topological polar surface area (TPSA) is 87.9 Å². The fourth-order valence-electron chi connectivity index (χ4n) is 2.98. The van der Waals surface area contributed by atoms with Gasteiger partial charge in [-0.3, -0.25) is 4.79 Å². The van der Waals surface area contributed by atoms with E-state index in [0.717, 1.165) is 0 Å². The number of nitrogens with zero attached hydrogens (tertiary/aromatic N) is 2. The lowest BCUT2D eigenvalue weighted by atomic mass is 9.78. The lowest BCUT2D eigenvalue weighted by Gasteiger charge is -2.42. The Morgan fingerprint density at radius 1 is 1.14 bits per heavy atom. The molecule has 8 heteroatoms. The van der Waals surface area contributed by atoms with Gasteiger partial charge in [-0.1, -0.05) is 0 Å². The molecule has 2 aliphatic heterocycles. The number of nitrogens with one attached hydrogen (secondary N) is 1. The number of urea groups is 1. The van der Waals surface area contributed by atoms with Crippen LogP contribution in [0.25, 0.3) is 0 Å². The number of carbonyl (C=O) groups is 2. The molecule has 0 aromatic heterocycles. The van der Waals surface area contributed by atoms with Crippen molar-refractivity contribution in [3.63, 3.8) is 0 Å². The highest BCUT2D eigenvalue weighted by Crippen LogP contribution is 2.32. The predicted molar refractivity (Wildman–Crippen MR) is 86.0 cm³/mol. The van der Waals surface area contributed by atoms with E-state index >= 15 is 0 Å². The van der Waals surface area contributed by atoms with Crippen molar-refractivity contribution in [2.75, 3.05) is 52.5 Å². The van der Waals surface area contributed by atoms with Crippen LogP contribution in [0.15, 0.2) is 0 Å². The first kappa shape index (κ1) is 19.0. The lowest BCUT2D eigenvalue weighted by Crippen LogP contribution is -2.58. The molecule has 2 aliphatic rings. The molecule has 0 aromatic carbocycles. The average Bonchev–Trinajstić information content (AvgIpc) is 2.55. The van der Waals surface area contributed by atoms with Gasteiger partial charge in [0.2, 0.25) is 5.91 Å². The third-order valence-corrected chi connectivity index (χ3v) is 4.48. The van der Waals surface area contributed by atoms with Gasteiger partial charge in [0.1, 0.15) is 0 Å². The summed E-state index contributed by atoms with van der Waals surface area (Å²) in [4.78, 5) is 28.2. The van der Waals surface area contributed by atoms with Gasteiger partial charge in [0.25, 0.3) is 0 Å². The van der Waals surface area contributed by atoms with Crippen molar-refractivity contribution < 1.29 is 14.3 Å². The summed E-state index contributed by atoms with van der Waals surface area (Å²) in [6, 6.07) is -0.0517. The van der Waals surface area contributed by atoms with Gasteiger partial charge in [0, 0.05) is 52.5 Å². The van der Waals surface area contributed by atoms with Crippen molar-refractivity contribution in [1.29, 1.82) is 0 Å². The Kier molecular flexibility index (Phi) is 7.38. The van der Waals surface area contributed by atoms with Crippen LogP contribution in [0.5, 0.6) is 0 Å². The first-order chi connectivity index (χ1) is 10.1. The quantitative estimate of drug-likeness (QED) is 0.762. The van der Waals surface area contributed by atoms with Crippen LogP contribution >= 0.6 is 12.4 Å². The minimum Gasteiger partial charge on any atom is -0.381 e. The van der Waals surface area contributed by atoms with Crippen molar-refractivity contribution in [3.05, 3.63) is 0 Å². The first-order valence-corrected chi connectivity index (χ1v) is 7.73. The van der Waals surface area contributed by atoms with E-state index in [2.05, 4.69) is 5.32 Å². The molecule has 0 aromatic rings. The molecule has 0 aliphatic carbocycles. The summed E-state index contributed by atoms with van der Waals surface area (Å²) < 4.78 is 5.35. The van der Waals surface area contributed by atoms with E-state index in [1.165, 1.54) is 0 Å². The van der Waals surface area contributed by atoms with Crippen molar-refractivity contribution in [2.24, 2.45) is 11.1 Å². The third-order valence-electron chi connectivity index (χ3n) is 4.48. The van der Waals surface area contributed by atoms with E-state index in [0.29, 0.717) is 65.3 Å². The molecule has 0 radical (unpaired) electrons. The Morgan fingerprint density at radius 2 is 1.68 bits per heavy atom. The van der Waals surface area contributed by atoms with Gasteiger partial charge < -0.3 is 25.6 Å². The zero-order valence-electron chi connectivity index (χ0n) is 13.2. The molecule has 0 spiro atoms. The van der Waals surface area contributed by atoms with Crippen LogP contribution in [-0.2, 0) is 9.53 Å². The summed E-state index contributed by atoms with van der Waals surface area (Å²) >= 11 is 0. The van der Waals surface area contributed by atoms with Gasteiger partial charge in [-0.25, -0.2) is 4.79 Å². The maximum Gasteiger partial charge on any atom is 0.317 e. The van der Waals surface area contributed by atoms with Crippen LogP contribution in [0.3, 0.4) is 0 Å². The van der Waals surface area contributed by atoms with Crippen LogP contribution in [0.2, 0.25) is 0 Å². The minimum absolute atomic E-state index is 0. The van der Waals surface area contributed by atoms with Crippen LogP contribution < -0.4 is 11.1 Å². The van der Waals surface area contributed by atoms with Gasteiger partial charge in [-0.2, -0.15) is 0 Å². The molecule has 7 nitrogen and oxygen atoms in total. The lowest BCUT2D eigenvalue weighted by molar-refractivity contribution is -0.148. The summed E-state index contributed by atoms with van der Waals surface area (Å²) in [5.74, 6) is 0.129. The molecule has 22 heavy (non-hydrogen) atoms. The molecule has 0 unspecified atom stereocenters. The second-order valence-corrected chi connectivity index (χ2v) is 5.71. The summed E-state index contributed by atoms with van der Waals surface area (Å²) in [6.07, 6.45) is 1.39. The number of ether oxygens (including phenoxy) is 1. The zero-order chi connectivity index (χ0) is 15.3. The van der Waals surface area contributed by atoms with Crippen LogP contribution in [-0.4, -0.2) is 74.2 Å². The third kappa shape index (κ3) is 4.02. The van der Waals surface area contributed by atoms with Crippen LogP contribution in [0.4, 0.5) is 4.79 Å². The highest BCUT2D eigenvalue weighted by molar-refractivity contribution is 5.85. The Bertz CT molecular complexity index is 380. The summed E-state index contributed by atoms with van der Waals surface area (Å²) in [5, 5.41) is 2.79. The standard InChI is InChI=1S/C14H26N4O3.ClH/c1-2-16-13(20)18-7-5-17(6-8-18)12(19)14(11-15)3-9-21-10-4-14;/h2-11,15H2,1H3,(H,16,20);1H. The molecule has 2 heterocycles. The highest BCUT2D eigenvalue weighted by atomic mass is 35.5. The van der Waals surface area contributed by atoms with Gasteiger partial charge in [0.05, 0.1) is 5.41 Å². The molecule has 0 saturated carbocycles. The number of hydrogen-bond acceptors (Lipinski definition) is 4. The molecule has 2 fully saturated rings. The Hall–Kier alpha value is -1.05. The molecule has 128 valence electrons. The Balaban J connectivity index is 0.00000242. The number of piperazine rings is 1. The van der Waals surface area contributed by atoms with E-state index < -0.39 is 5.41 Å². The van der Waals surface area contributed by atoms with Crippen LogP contribution in [0, 0.1) is 5.41 Å². The van der Waals surface area contributed by atoms with E-state index in [1.54, 1.807) is 4.90 Å². The second-order valence-electron chi connectivity index (χ2n) is 5.71. The largest absolute Gasteiger partial charge is 0.381 e. The molecule has 2 saturated heterocycles. The Labute approximate surface area is 137 Å². The predicted octanol–water partition coefficient (Wildman–Crippen LogP) is 0.0374. The number of halogens is 1. The fraction of sp³-hybridized carbons (Fsp3) is 0.857. The molecular weight excluding hydrogens is 308 g/mol. The minimum atomic E-state index is -0.466. The summed E-state index contributed by atoms with van der Waals surface area (Å²) in [5.41, 5.74) is 5.42. The maximum absolute atomic E-state index is 12.8. The zero-order valence-corrected chi connectivity index (χ0v) is 14.0. The molecule has 0 bridgehead atoms. The van der Waals surface area contributed by atoms with E-state index in [9.17, 15) is 9.59 Å². The number of nitrogens with two attached hydrogens (primary N) is 1. The van der Waals surface area contributed by atoms with E-state index in [-0.39, 0.29) is 24.3 Å². The van der Waals surface area contributed by atoms with Gasteiger partial charge in [-0.05, 0) is 19.8 Å². The van der Waals surface area contributed by atoms with Crippen molar-refractivity contribution in [3.8, 4) is 0 Å². The van der Waals surface area contributed by atoms with Crippen molar-refractivity contribution in [2.45, 2.75) is 19.8 Å². The number of rotatable bonds is 3. The molecule has 2 rings (SSSR count). The molecular formula is C14H27ClN4O3. The SMILES string of the molecule is CCNC(=O)N1CCN(C(=O)C2(CN)CCOCC2)CC1.Cl. The molecule has 3 N–H and O–H groups in total. The molecule has 0 atom stereocenters. The van der Waals surface area contributed by atoms with Gasteiger partial charge in [-0.15, -0.1) is 12.4 Å². The van der Waals surface area contributed by atoms with Gasteiger partial charge in [0.15, 0.2) is 0 Å². The van der Waals surface area contributed by atoms with E-state index in [4.69, 9.17) is 10.5 Å². The fourth-order valence-corrected chi connectivity index (χ4v) is 2.98. The first-order valence-electron chi connectivity index (χ1n) is 7.73. The second kappa shape index (κ2) is 8.55. The average molecular weight is 335 g/mol. The number of hydrogen-bond donors (Lipinski definition) is 2. The molecule has 3 amide bonds. The number of carbonyl (C=O) groups excluding carboxylic acids is 2. The Morgan fingerprint density at radius 3 is 2.18 bits per heavy atom. The normalized spacial score (nSPS) is 21.0. The maximum atomic E-state index is 12.8. The van der Waals surface area contributed by atoms with Gasteiger partial charge >= 0.3 is 6.03 Å². The summed E-state index contributed by atoms with van der Waals surface area (Å²) in [6.45, 7) is 6.40. The summed E-state index contributed by atoms with van der Waals surface area (Å²) in [7, 11) is 0. The van der Waals surface area contributed by atoms with Crippen molar-refractivity contribution in [1.82, 2.24) is 15.1 Å².